The summed E-state index contributed by atoms with van der Waals surface area (Å²) in [6.07, 6.45) is 3.07. The number of alkyl halides is 2. The van der Waals surface area contributed by atoms with Crippen molar-refractivity contribution in [1.29, 1.82) is 5.26 Å². The van der Waals surface area contributed by atoms with Gasteiger partial charge < -0.3 is 5.11 Å². The summed E-state index contributed by atoms with van der Waals surface area (Å²) in [4.78, 5) is 12.4. The number of fused-ring (bicyclic) bond motifs is 1. The summed E-state index contributed by atoms with van der Waals surface area (Å²) in [5.74, 6) is 0.818. The lowest BCUT2D eigenvalue weighted by molar-refractivity contribution is 0.0906. The highest BCUT2D eigenvalue weighted by Crippen LogP contribution is 2.30. The molecule has 0 aliphatic carbocycles. The van der Waals surface area contributed by atoms with Crippen LogP contribution in [0.3, 0.4) is 0 Å². The van der Waals surface area contributed by atoms with Gasteiger partial charge in [0.25, 0.3) is 0 Å². The smallest absolute Gasteiger partial charge is 0.231 e. The van der Waals surface area contributed by atoms with Crippen molar-refractivity contribution in [2.24, 2.45) is 0 Å². The zero-order valence-corrected chi connectivity index (χ0v) is 14.1. The van der Waals surface area contributed by atoms with Gasteiger partial charge in [-0.3, -0.25) is 9.36 Å². The van der Waals surface area contributed by atoms with Gasteiger partial charge in [-0.05, 0) is 37.5 Å². The van der Waals surface area contributed by atoms with E-state index >= 15 is 0 Å². The number of hydrogen-bond acceptors (Lipinski definition) is 3. The van der Waals surface area contributed by atoms with Crippen molar-refractivity contribution < 1.29 is 9.90 Å². The highest BCUT2D eigenvalue weighted by molar-refractivity contribution is 6.18. The van der Waals surface area contributed by atoms with Crippen molar-refractivity contribution in [1.82, 2.24) is 4.57 Å². The topological polar surface area (TPSA) is 66.0 Å². The van der Waals surface area contributed by atoms with Crippen LogP contribution >= 0.6 is 23.2 Å². The molecule has 1 aromatic carbocycles. The molecule has 1 aromatic heterocycles. The highest BCUT2D eigenvalue weighted by atomic mass is 35.5. The molecular weight excluding hydrogens is 335 g/mol. The Bertz CT molecular complexity index is 734. The first-order chi connectivity index (χ1) is 11.1. The van der Waals surface area contributed by atoms with Crippen LogP contribution in [0, 0.1) is 11.3 Å². The zero-order chi connectivity index (χ0) is 16.8. The van der Waals surface area contributed by atoms with Gasteiger partial charge in [0.2, 0.25) is 5.91 Å². The van der Waals surface area contributed by atoms with Gasteiger partial charge in [-0.1, -0.05) is 0 Å². The monoisotopic (exact) mass is 352 g/mol. The quantitative estimate of drug-likeness (QED) is 0.758. The molecule has 0 radical (unpaired) electrons. The van der Waals surface area contributed by atoms with Crippen LogP contribution in [-0.4, -0.2) is 27.3 Å². The fourth-order valence-electron chi connectivity index (χ4n) is 2.56. The number of carbonyl (C=O) groups is 1. The summed E-state index contributed by atoms with van der Waals surface area (Å²) < 4.78 is 1.54. The van der Waals surface area contributed by atoms with E-state index in [1.54, 1.807) is 29.0 Å². The molecular formula is C17H18Cl2N2O2. The Morgan fingerprint density at radius 3 is 2.70 bits per heavy atom. The van der Waals surface area contributed by atoms with E-state index in [9.17, 15) is 9.90 Å². The van der Waals surface area contributed by atoms with Gasteiger partial charge in [-0.25, -0.2) is 0 Å². The van der Waals surface area contributed by atoms with E-state index < -0.39 is 6.10 Å². The Hall–Kier alpha value is -1.54. The number of aliphatic hydroxyl groups excluding tert-OH is 1. The summed E-state index contributed by atoms with van der Waals surface area (Å²) in [6.45, 7) is 0. The third kappa shape index (κ3) is 4.06. The van der Waals surface area contributed by atoms with Gasteiger partial charge in [0.15, 0.2) is 0 Å². The SMILES string of the molecule is N#Cc1ccc2c(c1)c(C(O)CCCCl)cn2C(=O)CCCCl. The van der Waals surface area contributed by atoms with Gasteiger partial charge in [0.05, 0.1) is 23.3 Å². The molecule has 1 heterocycles. The number of hydrogen-bond donors (Lipinski definition) is 1. The number of carbonyl (C=O) groups excluding carboxylic acids is 1. The fourth-order valence-corrected chi connectivity index (χ4v) is 2.85. The summed E-state index contributed by atoms with van der Waals surface area (Å²) in [7, 11) is 0. The number of aromatic nitrogens is 1. The van der Waals surface area contributed by atoms with E-state index in [2.05, 4.69) is 6.07 Å². The summed E-state index contributed by atoms with van der Waals surface area (Å²) in [5, 5.41) is 20.2. The Labute approximate surface area is 145 Å². The van der Waals surface area contributed by atoms with E-state index in [0.29, 0.717) is 54.1 Å². The van der Waals surface area contributed by atoms with Gasteiger partial charge >= 0.3 is 0 Å². The summed E-state index contributed by atoms with van der Waals surface area (Å²) in [5.41, 5.74) is 1.85. The van der Waals surface area contributed by atoms with Crippen molar-refractivity contribution in [2.75, 3.05) is 11.8 Å². The van der Waals surface area contributed by atoms with Crippen molar-refractivity contribution in [2.45, 2.75) is 31.8 Å². The van der Waals surface area contributed by atoms with E-state index in [-0.39, 0.29) is 5.91 Å². The van der Waals surface area contributed by atoms with Crippen LogP contribution in [0.5, 0.6) is 0 Å². The second kappa shape index (κ2) is 8.35. The van der Waals surface area contributed by atoms with Gasteiger partial charge in [-0.2, -0.15) is 5.26 Å². The maximum atomic E-state index is 12.4. The molecule has 1 unspecified atom stereocenters. The molecule has 1 N–H and O–H groups in total. The molecule has 122 valence electrons. The fraction of sp³-hybridized carbons (Fsp3) is 0.412. The van der Waals surface area contributed by atoms with Crippen LogP contribution in [0.1, 0.15) is 47.7 Å². The highest BCUT2D eigenvalue weighted by Gasteiger charge is 2.18. The molecule has 2 aromatic rings. The summed E-state index contributed by atoms with van der Waals surface area (Å²) >= 11 is 11.3. The molecule has 0 bridgehead atoms. The van der Waals surface area contributed by atoms with Crippen LogP contribution in [0.25, 0.3) is 10.9 Å². The average molecular weight is 353 g/mol. The second-order valence-corrected chi connectivity index (χ2v) is 6.09. The molecule has 4 nitrogen and oxygen atoms in total. The number of halogens is 2. The van der Waals surface area contributed by atoms with E-state index in [1.165, 1.54) is 0 Å². The molecule has 2 rings (SSSR count). The first-order valence-corrected chi connectivity index (χ1v) is 8.57. The van der Waals surface area contributed by atoms with Crippen LogP contribution in [0.4, 0.5) is 0 Å². The molecule has 0 spiro atoms. The first kappa shape index (κ1) is 17.8. The van der Waals surface area contributed by atoms with Gasteiger partial charge in [0.1, 0.15) is 0 Å². The van der Waals surface area contributed by atoms with E-state index in [4.69, 9.17) is 28.5 Å². The average Bonchev–Trinajstić information content (AvgIpc) is 2.96. The van der Waals surface area contributed by atoms with E-state index in [0.717, 1.165) is 5.39 Å². The van der Waals surface area contributed by atoms with Crippen LogP contribution in [0.15, 0.2) is 24.4 Å². The van der Waals surface area contributed by atoms with Crippen molar-refractivity contribution >= 4 is 40.0 Å². The van der Waals surface area contributed by atoms with Gasteiger partial charge in [-0.15, -0.1) is 23.2 Å². The molecule has 6 heteroatoms. The second-order valence-electron chi connectivity index (χ2n) is 5.33. The minimum absolute atomic E-state index is 0.0730. The lowest BCUT2D eigenvalue weighted by Gasteiger charge is -2.08. The maximum Gasteiger partial charge on any atom is 0.231 e. The van der Waals surface area contributed by atoms with Gasteiger partial charge in [0, 0.05) is 35.3 Å². The maximum absolute atomic E-state index is 12.4. The Morgan fingerprint density at radius 2 is 2.04 bits per heavy atom. The lowest BCUT2D eigenvalue weighted by Crippen LogP contribution is -2.09. The summed E-state index contributed by atoms with van der Waals surface area (Å²) in [6, 6.07) is 7.20. The number of benzene rings is 1. The molecule has 1 atom stereocenters. The lowest BCUT2D eigenvalue weighted by atomic mass is 10.0. The van der Waals surface area contributed by atoms with Crippen molar-refractivity contribution in [3.8, 4) is 6.07 Å². The third-order valence-corrected chi connectivity index (χ3v) is 4.26. The molecule has 0 aliphatic rings. The number of aliphatic hydroxyl groups is 1. The number of rotatable bonds is 7. The van der Waals surface area contributed by atoms with Crippen LogP contribution < -0.4 is 0 Å². The zero-order valence-electron chi connectivity index (χ0n) is 12.6. The first-order valence-electron chi connectivity index (χ1n) is 7.50. The van der Waals surface area contributed by atoms with Crippen LogP contribution in [0.2, 0.25) is 0 Å². The number of nitrogens with zero attached hydrogens (tertiary/aromatic N) is 2. The molecule has 0 saturated heterocycles. The van der Waals surface area contributed by atoms with Crippen LogP contribution in [-0.2, 0) is 0 Å². The predicted molar refractivity (Wildman–Crippen MR) is 92.1 cm³/mol. The Balaban J connectivity index is 2.48. The van der Waals surface area contributed by atoms with Crippen molar-refractivity contribution in [3.05, 3.63) is 35.5 Å². The molecule has 0 aliphatic heterocycles. The largest absolute Gasteiger partial charge is 0.388 e. The molecule has 0 fully saturated rings. The normalized spacial score (nSPS) is 12.3. The predicted octanol–water partition coefficient (Wildman–Crippen LogP) is 4.22. The molecule has 0 saturated carbocycles. The van der Waals surface area contributed by atoms with E-state index in [1.807, 2.05) is 0 Å². The minimum atomic E-state index is -0.715. The number of nitriles is 1. The third-order valence-electron chi connectivity index (χ3n) is 3.73. The Morgan fingerprint density at radius 1 is 1.30 bits per heavy atom. The Kier molecular flexibility index (Phi) is 6.47. The standard InChI is InChI=1S/C17H18Cl2N2O2/c18-7-1-3-16(22)14-11-21(17(23)4-2-8-19)15-6-5-12(10-20)9-13(14)15/h5-6,9,11,16,22H,1-4,7-8H2. The molecule has 23 heavy (non-hydrogen) atoms. The minimum Gasteiger partial charge on any atom is -0.388 e. The van der Waals surface area contributed by atoms with Crippen molar-refractivity contribution in [3.63, 3.8) is 0 Å². The molecule has 0 amide bonds.